The fourth-order valence-electron chi connectivity index (χ4n) is 5.80. The number of carbonyl (C=O) groups is 1. The molecule has 0 atom stereocenters. The van der Waals surface area contributed by atoms with Gasteiger partial charge in [-0.05, 0) is 68.6 Å². The molecule has 0 aliphatic heterocycles. The second-order valence-corrected chi connectivity index (χ2v) is 9.27. The summed E-state index contributed by atoms with van der Waals surface area (Å²) in [5, 5.41) is 3.21. The van der Waals surface area contributed by atoms with E-state index in [0.717, 1.165) is 54.7 Å². The molecule has 4 fully saturated rings. The van der Waals surface area contributed by atoms with Crippen molar-refractivity contribution in [1.82, 2.24) is 5.32 Å². The molecular weight excluding hydrogens is 272 g/mol. The summed E-state index contributed by atoms with van der Waals surface area (Å²) in [5.41, 5.74) is 0.386. The molecule has 0 aromatic rings. The van der Waals surface area contributed by atoms with Gasteiger partial charge in [-0.3, -0.25) is 4.79 Å². The van der Waals surface area contributed by atoms with Crippen LogP contribution in [0.4, 0.5) is 0 Å². The van der Waals surface area contributed by atoms with Crippen molar-refractivity contribution in [2.24, 2.45) is 23.2 Å². The average Bonchev–Trinajstić information content (AvgIpc) is 2.41. The van der Waals surface area contributed by atoms with Crippen LogP contribution in [-0.2, 0) is 4.79 Å². The Morgan fingerprint density at radius 2 is 1.64 bits per heavy atom. The van der Waals surface area contributed by atoms with Crippen molar-refractivity contribution in [1.29, 1.82) is 0 Å². The zero-order valence-corrected chi connectivity index (χ0v) is 14.9. The van der Waals surface area contributed by atoms with E-state index < -0.39 is 0 Å². The van der Waals surface area contributed by atoms with Gasteiger partial charge in [0.2, 0.25) is 5.91 Å². The van der Waals surface area contributed by atoms with Crippen molar-refractivity contribution in [2.75, 3.05) is 33.7 Å². The largest absolute Gasteiger partial charge is 0.356 e. The highest BCUT2D eigenvalue weighted by Crippen LogP contribution is 2.61. The normalized spacial score (nSPS) is 36.6. The summed E-state index contributed by atoms with van der Waals surface area (Å²) in [4.78, 5) is 12.4. The standard InChI is InChI=1S/C19H34N2O/c1-4-21(2,3)7-5-6-20-18(22)14-19-11-15-8-16(12-19)10-17(9-15)13-19/h15-17H,4-14H2,1-3H3/p+1. The summed E-state index contributed by atoms with van der Waals surface area (Å²) in [6.45, 7) is 5.38. The molecule has 126 valence electrons. The molecule has 0 aromatic heterocycles. The Balaban J connectivity index is 1.42. The van der Waals surface area contributed by atoms with Crippen LogP contribution in [0.3, 0.4) is 0 Å². The molecule has 22 heavy (non-hydrogen) atoms. The Hall–Kier alpha value is -0.570. The number of amides is 1. The molecule has 4 bridgehead atoms. The number of hydrogen-bond donors (Lipinski definition) is 1. The van der Waals surface area contributed by atoms with Gasteiger partial charge in [0, 0.05) is 19.4 Å². The van der Waals surface area contributed by atoms with Gasteiger partial charge in [-0.2, -0.15) is 0 Å². The van der Waals surface area contributed by atoms with Crippen molar-refractivity contribution in [2.45, 2.75) is 58.3 Å². The van der Waals surface area contributed by atoms with Crippen molar-refractivity contribution in [3.8, 4) is 0 Å². The highest BCUT2D eigenvalue weighted by atomic mass is 16.1. The molecule has 4 aliphatic carbocycles. The Bertz CT molecular complexity index is 380. The first-order valence-corrected chi connectivity index (χ1v) is 9.48. The third-order valence-corrected chi connectivity index (χ3v) is 6.82. The minimum Gasteiger partial charge on any atom is -0.356 e. The van der Waals surface area contributed by atoms with E-state index in [1.54, 1.807) is 0 Å². The lowest BCUT2D eigenvalue weighted by molar-refractivity contribution is -0.888. The van der Waals surface area contributed by atoms with E-state index in [1.807, 2.05) is 0 Å². The van der Waals surface area contributed by atoms with E-state index in [0.29, 0.717) is 11.3 Å². The number of hydrogen-bond acceptors (Lipinski definition) is 1. The van der Waals surface area contributed by atoms with Crippen molar-refractivity contribution in [3.05, 3.63) is 0 Å². The van der Waals surface area contributed by atoms with Gasteiger partial charge in [0.05, 0.1) is 27.2 Å². The van der Waals surface area contributed by atoms with Crippen LogP contribution in [0.15, 0.2) is 0 Å². The van der Waals surface area contributed by atoms with Gasteiger partial charge in [0.25, 0.3) is 0 Å². The molecule has 0 saturated heterocycles. The predicted octanol–water partition coefficient (Wildman–Crippen LogP) is 3.20. The zero-order valence-electron chi connectivity index (χ0n) is 14.9. The topological polar surface area (TPSA) is 29.1 Å². The van der Waals surface area contributed by atoms with Crippen LogP contribution in [0.2, 0.25) is 0 Å². The van der Waals surface area contributed by atoms with Crippen LogP contribution < -0.4 is 5.32 Å². The fourth-order valence-corrected chi connectivity index (χ4v) is 5.80. The Morgan fingerprint density at radius 1 is 1.09 bits per heavy atom. The zero-order chi connectivity index (χ0) is 15.8. The van der Waals surface area contributed by atoms with E-state index in [-0.39, 0.29) is 0 Å². The van der Waals surface area contributed by atoms with E-state index in [1.165, 1.54) is 38.5 Å². The summed E-state index contributed by atoms with van der Waals surface area (Å²) in [6, 6.07) is 0. The smallest absolute Gasteiger partial charge is 0.220 e. The monoisotopic (exact) mass is 307 g/mol. The van der Waals surface area contributed by atoms with Gasteiger partial charge in [-0.1, -0.05) is 0 Å². The van der Waals surface area contributed by atoms with E-state index in [9.17, 15) is 4.79 Å². The SMILES string of the molecule is CC[N+](C)(C)CCCNC(=O)CC12CC3CC(CC(C3)C1)C2. The van der Waals surface area contributed by atoms with E-state index in [2.05, 4.69) is 26.3 Å². The minimum atomic E-state index is 0.323. The second kappa shape index (κ2) is 6.14. The highest BCUT2D eigenvalue weighted by Gasteiger charge is 2.51. The number of nitrogens with zero attached hydrogens (tertiary/aromatic N) is 1. The highest BCUT2D eigenvalue weighted by molar-refractivity contribution is 5.76. The summed E-state index contributed by atoms with van der Waals surface area (Å²) < 4.78 is 1.05. The maximum absolute atomic E-state index is 12.4. The first-order valence-electron chi connectivity index (χ1n) is 9.48. The molecule has 0 heterocycles. The molecular formula is C19H35N2O+. The van der Waals surface area contributed by atoms with Gasteiger partial charge in [-0.25, -0.2) is 0 Å². The molecule has 0 radical (unpaired) electrons. The molecule has 0 unspecified atom stereocenters. The van der Waals surface area contributed by atoms with Gasteiger partial charge in [0.15, 0.2) is 0 Å². The predicted molar refractivity (Wildman–Crippen MR) is 90.4 cm³/mol. The van der Waals surface area contributed by atoms with Crippen LogP contribution in [0.1, 0.15) is 58.3 Å². The van der Waals surface area contributed by atoms with Crippen molar-refractivity contribution in [3.63, 3.8) is 0 Å². The van der Waals surface area contributed by atoms with E-state index >= 15 is 0 Å². The van der Waals surface area contributed by atoms with Crippen LogP contribution >= 0.6 is 0 Å². The quantitative estimate of drug-likeness (QED) is 0.568. The van der Waals surface area contributed by atoms with Gasteiger partial charge < -0.3 is 9.80 Å². The molecule has 1 N–H and O–H groups in total. The van der Waals surface area contributed by atoms with Gasteiger partial charge in [-0.15, -0.1) is 0 Å². The number of carbonyl (C=O) groups excluding carboxylic acids is 1. The molecule has 4 rings (SSSR count). The third kappa shape index (κ3) is 3.67. The van der Waals surface area contributed by atoms with Gasteiger partial charge in [0.1, 0.15) is 0 Å². The lowest BCUT2D eigenvalue weighted by Crippen LogP contribution is -2.48. The lowest BCUT2D eigenvalue weighted by Gasteiger charge is -2.56. The van der Waals surface area contributed by atoms with Gasteiger partial charge >= 0.3 is 0 Å². The molecule has 3 nitrogen and oxygen atoms in total. The molecule has 0 aromatic carbocycles. The summed E-state index contributed by atoms with van der Waals surface area (Å²) in [5.74, 6) is 3.16. The maximum atomic E-state index is 12.4. The average molecular weight is 308 g/mol. The first kappa shape index (κ1) is 16.3. The number of nitrogens with one attached hydrogen (secondary N) is 1. The molecule has 4 saturated carbocycles. The lowest BCUT2D eigenvalue weighted by atomic mass is 9.49. The molecule has 1 amide bonds. The number of quaternary nitrogens is 1. The second-order valence-electron chi connectivity index (χ2n) is 9.27. The Kier molecular flexibility index (Phi) is 4.55. The minimum absolute atomic E-state index is 0.323. The van der Waals surface area contributed by atoms with Crippen LogP contribution in [-0.4, -0.2) is 44.1 Å². The Morgan fingerprint density at radius 3 is 2.14 bits per heavy atom. The van der Waals surface area contributed by atoms with E-state index in [4.69, 9.17) is 0 Å². The summed E-state index contributed by atoms with van der Waals surface area (Å²) in [7, 11) is 4.52. The Labute approximate surface area is 136 Å². The van der Waals surface area contributed by atoms with Crippen LogP contribution in [0.25, 0.3) is 0 Å². The van der Waals surface area contributed by atoms with Crippen molar-refractivity contribution >= 4 is 5.91 Å². The molecule has 4 aliphatic rings. The van der Waals surface area contributed by atoms with Crippen LogP contribution in [0.5, 0.6) is 0 Å². The summed E-state index contributed by atoms with van der Waals surface area (Å²) >= 11 is 0. The molecule has 0 spiro atoms. The van der Waals surface area contributed by atoms with Crippen LogP contribution in [0, 0.1) is 23.2 Å². The number of rotatable bonds is 7. The first-order chi connectivity index (χ1) is 10.4. The third-order valence-electron chi connectivity index (χ3n) is 6.82. The molecule has 3 heteroatoms. The summed E-state index contributed by atoms with van der Waals surface area (Å²) in [6.07, 6.45) is 10.3. The van der Waals surface area contributed by atoms with Crippen molar-refractivity contribution < 1.29 is 9.28 Å². The maximum Gasteiger partial charge on any atom is 0.220 e. The fraction of sp³-hybridized carbons (Fsp3) is 0.947.